The summed E-state index contributed by atoms with van der Waals surface area (Å²) in [6, 6.07) is 4.03. The molecule has 0 aliphatic heterocycles. The summed E-state index contributed by atoms with van der Waals surface area (Å²) in [6.07, 6.45) is 5.12. The van der Waals surface area contributed by atoms with Gasteiger partial charge in [0.25, 0.3) is 0 Å². The van der Waals surface area contributed by atoms with E-state index in [1.165, 1.54) is 0 Å². The highest BCUT2D eigenvalue weighted by atomic mass is 15.0. The van der Waals surface area contributed by atoms with Crippen molar-refractivity contribution in [1.29, 1.82) is 5.26 Å². The van der Waals surface area contributed by atoms with Gasteiger partial charge in [0.15, 0.2) is 0 Å². The third-order valence-electron chi connectivity index (χ3n) is 2.30. The topological polar surface area (TPSA) is 40.8 Å². The van der Waals surface area contributed by atoms with E-state index in [4.69, 9.17) is 11.7 Å². The first-order chi connectivity index (χ1) is 6.70. The molecule has 1 aromatic rings. The number of nitrogens with zero attached hydrogens (tertiary/aromatic N) is 2. The molecule has 0 amide bonds. The second-order valence-electron chi connectivity index (χ2n) is 3.12. The summed E-state index contributed by atoms with van der Waals surface area (Å²) in [4.78, 5) is 0. The quantitative estimate of drug-likeness (QED) is 0.565. The third-order valence-corrected chi connectivity index (χ3v) is 2.30. The molecule has 3 nitrogen and oxygen atoms in total. The molecule has 0 fully saturated rings. The fourth-order valence-electron chi connectivity index (χ4n) is 1.32. The van der Waals surface area contributed by atoms with Crippen molar-refractivity contribution in [3.8, 4) is 18.4 Å². The Morgan fingerprint density at radius 3 is 2.86 bits per heavy atom. The molecule has 0 atom stereocenters. The smallest absolute Gasteiger partial charge is 0.120 e. The summed E-state index contributed by atoms with van der Waals surface area (Å²) in [5.74, 6) is 2.51. The van der Waals surface area contributed by atoms with Gasteiger partial charge in [-0.3, -0.25) is 0 Å². The van der Waals surface area contributed by atoms with Crippen LogP contribution < -0.4 is 5.32 Å². The van der Waals surface area contributed by atoms with Crippen LogP contribution in [0.2, 0.25) is 0 Å². The molecule has 0 radical (unpaired) electrons. The van der Waals surface area contributed by atoms with Crippen molar-refractivity contribution in [2.45, 2.75) is 13.5 Å². The number of terminal acetylenes is 1. The van der Waals surface area contributed by atoms with E-state index in [1.54, 1.807) is 0 Å². The molecule has 1 heterocycles. The zero-order valence-electron chi connectivity index (χ0n) is 8.46. The van der Waals surface area contributed by atoms with E-state index in [1.807, 2.05) is 24.6 Å². The van der Waals surface area contributed by atoms with E-state index in [9.17, 15) is 0 Å². The summed E-state index contributed by atoms with van der Waals surface area (Å²) in [7, 11) is 1.89. The average molecular weight is 187 g/mol. The molecule has 72 valence electrons. The fourth-order valence-corrected chi connectivity index (χ4v) is 1.32. The number of aromatic nitrogens is 1. The van der Waals surface area contributed by atoms with Gasteiger partial charge in [0.2, 0.25) is 0 Å². The minimum atomic E-state index is 0.552. The van der Waals surface area contributed by atoms with Crippen molar-refractivity contribution < 1.29 is 0 Å². The Morgan fingerprint density at radius 1 is 1.64 bits per heavy atom. The van der Waals surface area contributed by atoms with E-state index in [2.05, 4.69) is 17.3 Å². The van der Waals surface area contributed by atoms with Crippen molar-refractivity contribution in [2.24, 2.45) is 7.05 Å². The number of rotatable bonds is 3. The predicted octanol–water partition coefficient (Wildman–Crippen LogP) is 0.928. The highest BCUT2D eigenvalue weighted by molar-refractivity contribution is 5.34. The van der Waals surface area contributed by atoms with Gasteiger partial charge in [-0.15, -0.1) is 6.42 Å². The van der Waals surface area contributed by atoms with Crippen molar-refractivity contribution in [2.75, 3.05) is 6.54 Å². The van der Waals surface area contributed by atoms with Crippen LogP contribution in [0.25, 0.3) is 0 Å². The van der Waals surface area contributed by atoms with Crippen LogP contribution in [-0.4, -0.2) is 11.1 Å². The molecule has 3 heteroatoms. The first-order valence-corrected chi connectivity index (χ1v) is 4.40. The monoisotopic (exact) mass is 187 g/mol. The summed E-state index contributed by atoms with van der Waals surface area (Å²) >= 11 is 0. The lowest BCUT2D eigenvalue weighted by Gasteiger charge is -2.01. The van der Waals surface area contributed by atoms with Crippen LogP contribution in [-0.2, 0) is 13.6 Å². The zero-order chi connectivity index (χ0) is 10.6. The van der Waals surface area contributed by atoms with Crippen LogP contribution in [0.5, 0.6) is 0 Å². The van der Waals surface area contributed by atoms with Gasteiger partial charge in [-0.25, -0.2) is 0 Å². The maximum Gasteiger partial charge on any atom is 0.120 e. The lowest BCUT2D eigenvalue weighted by molar-refractivity contribution is 0.756. The molecule has 1 aromatic heterocycles. The Balaban J connectivity index is 2.80. The number of hydrogen-bond donors (Lipinski definition) is 1. The van der Waals surface area contributed by atoms with E-state index in [-0.39, 0.29) is 0 Å². The standard InChI is InChI=1S/C11H13N3/c1-4-5-13-8-10-6-11(7-12)14(3)9(10)2/h1,6,13H,5,8H2,2-3H3. The molecule has 1 N–H and O–H groups in total. The summed E-state index contributed by atoms with van der Waals surface area (Å²) in [6.45, 7) is 3.26. The van der Waals surface area contributed by atoms with Crippen molar-refractivity contribution in [3.05, 3.63) is 23.0 Å². The van der Waals surface area contributed by atoms with Gasteiger partial charge in [0.1, 0.15) is 11.8 Å². The number of nitriles is 1. The van der Waals surface area contributed by atoms with Gasteiger partial charge in [0, 0.05) is 19.3 Å². The van der Waals surface area contributed by atoms with E-state index in [0.29, 0.717) is 18.8 Å². The molecule has 14 heavy (non-hydrogen) atoms. The Labute approximate surface area is 84.3 Å². The molecule has 0 saturated carbocycles. The molecule has 0 bridgehead atoms. The Bertz CT molecular complexity index is 401. The summed E-state index contributed by atoms with van der Waals surface area (Å²) in [5.41, 5.74) is 2.91. The molecule has 0 aliphatic carbocycles. The Hall–Kier alpha value is -1.71. The average Bonchev–Trinajstić information content (AvgIpc) is 2.46. The van der Waals surface area contributed by atoms with Crippen molar-refractivity contribution in [1.82, 2.24) is 9.88 Å². The number of nitrogens with one attached hydrogen (secondary N) is 1. The Kier molecular flexibility index (Phi) is 3.34. The molecule has 0 saturated heterocycles. The van der Waals surface area contributed by atoms with Gasteiger partial charge in [0.05, 0.1) is 6.54 Å². The first-order valence-electron chi connectivity index (χ1n) is 4.40. The van der Waals surface area contributed by atoms with Gasteiger partial charge in [-0.2, -0.15) is 5.26 Å². The van der Waals surface area contributed by atoms with Crippen LogP contribution in [0.1, 0.15) is 17.0 Å². The minimum absolute atomic E-state index is 0.552. The highest BCUT2D eigenvalue weighted by Crippen LogP contribution is 2.12. The first kappa shape index (κ1) is 10.4. The lowest BCUT2D eigenvalue weighted by Crippen LogP contribution is -2.13. The molecule has 1 rings (SSSR count). The molecular weight excluding hydrogens is 174 g/mol. The molecule has 0 aromatic carbocycles. The van der Waals surface area contributed by atoms with Crippen LogP contribution in [0.3, 0.4) is 0 Å². The minimum Gasteiger partial charge on any atom is -0.340 e. The van der Waals surface area contributed by atoms with Gasteiger partial charge in [-0.05, 0) is 18.6 Å². The van der Waals surface area contributed by atoms with E-state index < -0.39 is 0 Å². The maximum atomic E-state index is 8.80. The van der Waals surface area contributed by atoms with E-state index in [0.717, 1.165) is 11.3 Å². The van der Waals surface area contributed by atoms with Crippen LogP contribution >= 0.6 is 0 Å². The lowest BCUT2D eigenvalue weighted by atomic mass is 10.2. The van der Waals surface area contributed by atoms with Crippen molar-refractivity contribution in [3.63, 3.8) is 0 Å². The maximum absolute atomic E-state index is 8.80. The van der Waals surface area contributed by atoms with Crippen molar-refractivity contribution >= 4 is 0 Å². The van der Waals surface area contributed by atoms with Crippen LogP contribution in [0.15, 0.2) is 6.07 Å². The normalized spacial score (nSPS) is 9.43. The molecule has 0 spiro atoms. The largest absolute Gasteiger partial charge is 0.340 e. The molecule has 0 aliphatic rings. The summed E-state index contributed by atoms with van der Waals surface area (Å²) in [5, 5.41) is 11.9. The number of hydrogen-bond acceptors (Lipinski definition) is 2. The molecule has 0 unspecified atom stereocenters. The highest BCUT2D eigenvalue weighted by Gasteiger charge is 2.07. The van der Waals surface area contributed by atoms with Gasteiger partial charge in [-0.1, -0.05) is 5.92 Å². The van der Waals surface area contributed by atoms with Crippen LogP contribution in [0, 0.1) is 30.6 Å². The van der Waals surface area contributed by atoms with E-state index >= 15 is 0 Å². The second kappa shape index (κ2) is 4.50. The molecular formula is C11H13N3. The zero-order valence-corrected chi connectivity index (χ0v) is 8.46. The second-order valence-corrected chi connectivity index (χ2v) is 3.12. The van der Waals surface area contributed by atoms with Gasteiger partial charge >= 0.3 is 0 Å². The fraction of sp³-hybridized carbons (Fsp3) is 0.364. The SMILES string of the molecule is C#CCNCc1cc(C#N)n(C)c1C. The summed E-state index contributed by atoms with van der Waals surface area (Å²) < 4.78 is 1.88. The Morgan fingerprint density at radius 2 is 2.36 bits per heavy atom. The van der Waals surface area contributed by atoms with Crippen LogP contribution in [0.4, 0.5) is 0 Å². The predicted molar refractivity (Wildman–Crippen MR) is 55.4 cm³/mol. The van der Waals surface area contributed by atoms with Gasteiger partial charge < -0.3 is 9.88 Å². The third kappa shape index (κ3) is 1.96.